The Hall–Kier alpha value is -1.51. The highest BCUT2D eigenvalue weighted by Gasteiger charge is 2.54. The molecule has 2 aliphatic rings. The molecule has 2 N–H and O–H groups in total. The van der Waals surface area contributed by atoms with E-state index in [0.717, 1.165) is 5.56 Å². The van der Waals surface area contributed by atoms with Gasteiger partial charge in [-0.2, -0.15) is 0 Å². The molecule has 1 unspecified atom stereocenters. The van der Waals surface area contributed by atoms with Gasteiger partial charge in [-0.1, -0.05) is 30.3 Å². The van der Waals surface area contributed by atoms with E-state index in [9.17, 15) is 15.0 Å². The van der Waals surface area contributed by atoms with E-state index in [-0.39, 0.29) is 13.0 Å². The molecule has 0 aromatic heterocycles. The van der Waals surface area contributed by atoms with Gasteiger partial charge >= 0.3 is 5.97 Å². The molecule has 2 heterocycles. The van der Waals surface area contributed by atoms with Crippen LogP contribution in [0.4, 0.5) is 0 Å². The Labute approximate surface area is 146 Å². The van der Waals surface area contributed by atoms with Gasteiger partial charge in [-0.25, -0.2) is 0 Å². The summed E-state index contributed by atoms with van der Waals surface area (Å²) >= 11 is 0. The van der Waals surface area contributed by atoms with E-state index >= 15 is 0 Å². The number of benzene rings is 1. The first kappa shape index (κ1) is 18.3. The number of rotatable bonds is 7. The van der Waals surface area contributed by atoms with Gasteiger partial charge in [0.15, 0.2) is 12.4 Å². The standard InChI is InChI=1S/C18H24O7/c1-22-18-17(16-15(25-18)13(20)10-23-16)24-14(21)9-5-8-12(19)11-6-3-2-4-7-11/h2-4,6-7,12-13,15-20H,5,8-10H2,1H3/t12?,13-,15-,16+,17-,18+/m1/s1. The average molecular weight is 352 g/mol. The number of aliphatic hydroxyl groups is 2. The lowest BCUT2D eigenvalue weighted by Gasteiger charge is -2.21. The molecule has 25 heavy (non-hydrogen) atoms. The average Bonchev–Trinajstić information content (AvgIpc) is 3.16. The molecule has 7 heteroatoms. The van der Waals surface area contributed by atoms with E-state index in [1.54, 1.807) is 0 Å². The summed E-state index contributed by atoms with van der Waals surface area (Å²) in [4.78, 5) is 12.1. The van der Waals surface area contributed by atoms with Gasteiger partial charge in [0.2, 0.25) is 0 Å². The monoisotopic (exact) mass is 352 g/mol. The number of aliphatic hydroxyl groups excluding tert-OH is 2. The summed E-state index contributed by atoms with van der Waals surface area (Å²) in [6.45, 7) is 0.156. The van der Waals surface area contributed by atoms with Crippen molar-refractivity contribution < 1.29 is 34.0 Å². The fourth-order valence-electron chi connectivity index (χ4n) is 3.26. The molecule has 1 aromatic rings. The van der Waals surface area contributed by atoms with E-state index < -0.39 is 42.8 Å². The topological polar surface area (TPSA) is 94.5 Å². The first-order chi connectivity index (χ1) is 12.1. The summed E-state index contributed by atoms with van der Waals surface area (Å²) in [5.41, 5.74) is 0.829. The van der Waals surface area contributed by atoms with Crippen molar-refractivity contribution in [2.24, 2.45) is 0 Å². The predicted molar refractivity (Wildman–Crippen MR) is 86.5 cm³/mol. The second-order valence-corrected chi connectivity index (χ2v) is 6.34. The number of methoxy groups -OCH3 is 1. The molecule has 7 nitrogen and oxygen atoms in total. The van der Waals surface area contributed by atoms with E-state index in [1.165, 1.54) is 7.11 Å². The molecule has 2 fully saturated rings. The van der Waals surface area contributed by atoms with Crippen LogP contribution in [0.3, 0.4) is 0 Å². The van der Waals surface area contributed by atoms with Crippen molar-refractivity contribution >= 4 is 5.97 Å². The van der Waals surface area contributed by atoms with Crippen LogP contribution in [0.15, 0.2) is 30.3 Å². The van der Waals surface area contributed by atoms with Gasteiger partial charge in [0.1, 0.15) is 18.3 Å². The number of hydrogen-bond donors (Lipinski definition) is 2. The maximum atomic E-state index is 12.1. The molecule has 2 saturated heterocycles. The molecule has 2 aliphatic heterocycles. The van der Waals surface area contributed by atoms with Gasteiger partial charge in [0.05, 0.1) is 12.7 Å². The lowest BCUT2D eigenvalue weighted by molar-refractivity contribution is -0.189. The highest BCUT2D eigenvalue weighted by Crippen LogP contribution is 2.33. The number of fused-ring (bicyclic) bond motifs is 1. The molecule has 1 aromatic carbocycles. The van der Waals surface area contributed by atoms with E-state index in [2.05, 4.69) is 0 Å². The predicted octanol–water partition coefficient (Wildman–Crippen LogP) is 0.933. The van der Waals surface area contributed by atoms with Crippen molar-refractivity contribution in [1.29, 1.82) is 0 Å². The fraction of sp³-hybridized carbons (Fsp3) is 0.611. The van der Waals surface area contributed by atoms with Gasteiger partial charge in [0.25, 0.3) is 0 Å². The second-order valence-electron chi connectivity index (χ2n) is 6.34. The Morgan fingerprint density at radius 3 is 2.80 bits per heavy atom. The number of carbonyl (C=O) groups is 1. The zero-order valence-corrected chi connectivity index (χ0v) is 14.1. The smallest absolute Gasteiger partial charge is 0.306 e. The molecule has 0 amide bonds. The van der Waals surface area contributed by atoms with Crippen LogP contribution >= 0.6 is 0 Å². The normalized spacial score (nSPS) is 32.4. The van der Waals surface area contributed by atoms with Crippen molar-refractivity contribution in [3.63, 3.8) is 0 Å². The summed E-state index contributed by atoms with van der Waals surface area (Å²) in [5.74, 6) is -0.401. The summed E-state index contributed by atoms with van der Waals surface area (Å²) in [6.07, 6.45) is -2.70. The van der Waals surface area contributed by atoms with Crippen LogP contribution < -0.4 is 0 Å². The first-order valence-electron chi connectivity index (χ1n) is 8.50. The molecular formula is C18H24O7. The minimum absolute atomic E-state index is 0.156. The third kappa shape index (κ3) is 4.19. The molecule has 0 bridgehead atoms. The van der Waals surface area contributed by atoms with Crippen molar-refractivity contribution in [3.8, 4) is 0 Å². The molecular weight excluding hydrogens is 328 g/mol. The Kier molecular flexibility index (Phi) is 6.03. The SMILES string of the molecule is CO[C@H]1O[C@H]2[C@H](OC[C@H]2O)[C@H]1OC(=O)CCCC(O)c1ccccc1. The molecule has 0 saturated carbocycles. The second kappa shape index (κ2) is 8.25. The van der Waals surface area contributed by atoms with E-state index in [1.807, 2.05) is 30.3 Å². The number of esters is 1. The third-order valence-corrected chi connectivity index (χ3v) is 4.59. The van der Waals surface area contributed by atoms with Crippen LogP contribution in [-0.4, -0.2) is 60.6 Å². The molecule has 0 spiro atoms. The van der Waals surface area contributed by atoms with Crippen LogP contribution in [0.1, 0.15) is 30.9 Å². The van der Waals surface area contributed by atoms with Crippen molar-refractivity contribution in [2.45, 2.75) is 56.1 Å². The zero-order chi connectivity index (χ0) is 17.8. The maximum absolute atomic E-state index is 12.1. The zero-order valence-electron chi connectivity index (χ0n) is 14.1. The van der Waals surface area contributed by atoms with Crippen LogP contribution in [0.2, 0.25) is 0 Å². The minimum Gasteiger partial charge on any atom is -0.454 e. The highest BCUT2D eigenvalue weighted by atomic mass is 16.7. The maximum Gasteiger partial charge on any atom is 0.306 e. The van der Waals surface area contributed by atoms with Crippen LogP contribution in [-0.2, 0) is 23.7 Å². The third-order valence-electron chi connectivity index (χ3n) is 4.59. The number of carbonyl (C=O) groups excluding carboxylic acids is 1. The van der Waals surface area contributed by atoms with Crippen molar-refractivity contribution in [3.05, 3.63) is 35.9 Å². The Bertz CT molecular complexity index is 564. The van der Waals surface area contributed by atoms with E-state index in [4.69, 9.17) is 18.9 Å². The highest BCUT2D eigenvalue weighted by molar-refractivity contribution is 5.69. The fourth-order valence-corrected chi connectivity index (χ4v) is 3.26. The molecule has 6 atom stereocenters. The summed E-state index contributed by atoms with van der Waals surface area (Å²) in [5, 5.41) is 19.9. The van der Waals surface area contributed by atoms with Crippen LogP contribution in [0, 0.1) is 0 Å². The number of ether oxygens (including phenoxy) is 4. The Morgan fingerprint density at radius 2 is 2.08 bits per heavy atom. The first-order valence-corrected chi connectivity index (χ1v) is 8.50. The van der Waals surface area contributed by atoms with Crippen molar-refractivity contribution in [2.75, 3.05) is 13.7 Å². The largest absolute Gasteiger partial charge is 0.454 e. The minimum atomic E-state index is -0.746. The van der Waals surface area contributed by atoms with Gasteiger partial charge in [-0.05, 0) is 18.4 Å². The Balaban J connectivity index is 1.46. The van der Waals surface area contributed by atoms with Gasteiger partial charge in [-0.15, -0.1) is 0 Å². The molecule has 138 valence electrons. The number of hydrogen-bond acceptors (Lipinski definition) is 7. The molecule has 3 rings (SSSR count). The van der Waals surface area contributed by atoms with Crippen LogP contribution in [0.25, 0.3) is 0 Å². The summed E-state index contributed by atoms with van der Waals surface area (Å²) in [6, 6.07) is 9.32. The van der Waals surface area contributed by atoms with Crippen molar-refractivity contribution in [1.82, 2.24) is 0 Å². The van der Waals surface area contributed by atoms with Crippen LogP contribution in [0.5, 0.6) is 0 Å². The lowest BCUT2D eigenvalue weighted by Crippen LogP contribution is -2.37. The summed E-state index contributed by atoms with van der Waals surface area (Å²) < 4.78 is 21.6. The van der Waals surface area contributed by atoms with Gasteiger partial charge < -0.3 is 29.2 Å². The summed E-state index contributed by atoms with van der Waals surface area (Å²) in [7, 11) is 1.45. The Morgan fingerprint density at radius 1 is 1.32 bits per heavy atom. The van der Waals surface area contributed by atoms with Gasteiger partial charge in [0, 0.05) is 13.5 Å². The lowest BCUT2D eigenvalue weighted by atomic mass is 10.0. The van der Waals surface area contributed by atoms with Gasteiger partial charge in [-0.3, -0.25) is 4.79 Å². The van der Waals surface area contributed by atoms with E-state index in [0.29, 0.717) is 12.8 Å². The quantitative estimate of drug-likeness (QED) is 0.705. The molecule has 0 radical (unpaired) electrons. The molecule has 0 aliphatic carbocycles.